The third-order valence-corrected chi connectivity index (χ3v) is 2.89. The number of hydrogen-bond acceptors (Lipinski definition) is 4. The van der Waals surface area contributed by atoms with Crippen molar-refractivity contribution in [3.05, 3.63) is 47.0 Å². The molecule has 0 aliphatic carbocycles. The lowest BCUT2D eigenvalue weighted by molar-refractivity contribution is 0.317. The molecule has 18 heavy (non-hydrogen) atoms. The largest absolute Gasteiger partial charge is 0.411 e. The number of oxime groups is 1. The van der Waals surface area contributed by atoms with Gasteiger partial charge in [0.1, 0.15) is 18.4 Å². The Kier molecular flexibility index (Phi) is 3.94. The first-order valence-electron chi connectivity index (χ1n) is 5.56. The molecule has 0 aliphatic rings. The van der Waals surface area contributed by atoms with Gasteiger partial charge in [-0.25, -0.2) is 9.67 Å². The second-order valence-corrected chi connectivity index (χ2v) is 4.23. The molecule has 0 atom stereocenters. The summed E-state index contributed by atoms with van der Waals surface area (Å²) in [4.78, 5) is 3.85. The Morgan fingerprint density at radius 3 is 2.94 bits per heavy atom. The van der Waals surface area contributed by atoms with Crippen LogP contribution >= 0.6 is 11.6 Å². The van der Waals surface area contributed by atoms with Gasteiger partial charge in [-0.05, 0) is 24.1 Å². The lowest BCUT2D eigenvalue weighted by Crippen LogP contribution is -2.14. The first-order valence-corrected chi connectivity index (χ1v) is 5.94. The standard InChI is InChI=1S/C12H13ClN4O/c1-2-9-5-10(13)3-4-11(9)12(16-18)6-17-8-14-7-15-17/h3-5,7-8,18H,2,6H2,1H3/b16-12+. The highest BCUT2D eigenvalue weighted by atomic mass is 35.5. The number of rotatable bonds is 4. The zero-order chi connectivity index (χ0) is 13.0. The Balaban J connectivity index is 2.33. The maximum absolute atomic E-state index is 9.16. The minimum absolute atomic E-state index is 0.366. The number of hydrogen-bond donors (Lipinski definition) is 1. The molecule has 0 bridgehead atoms. The molecule has 2 aromatic rings. The van der Waals surface area contributed by atoms with Gasteiger partial charge in [0, 0.05) is 10.6 Å². The van der Waals surface area contributed by atoms with E-state index in [1.54, 1.807) is 17.1 Å². The van der Waals surface area contributed by atoms with Gasteiger partial charge in [-0.15, -0.1) is 0 Å². The van der Waals surface area contributed by atoms with Crippen LogP contribution < -0.4 is 0 Å². The van der Waals surface area contributed by atoms with Gasteiger partial charge in [-0.2, -0.15) is 5.10 Å². The van der Waals surface area contributed by atoms with Crippen molar-refractivity contribution in [2.45, 2.75) is 19.9 Å². The smallest absolute Gasteiger partial charge is 0.137 e. The van der Waals surface area contributed by atoms with E-state index in [0.717, 1.165) is 17.5 Å². The van der Waals surface area contributed by atoms with Crippen molar-refractivity contribution in [1.82, 2.24) is 14.8 Å². The van der Waals surface area contributed by atoms with E-state index >= 15 is 0 Å². The van der Waals surface area contributed by atoms with Crippen LogP contribution in [0.25, 0.3) is 0 Å². The van der Waals surface area contributed by atoms with Gasteiger partial charge in [-0.1, -0.05) is 29.7 Å². The lowest BCUT2D eigenvalue weighted by Gasteiger charge is -2.10. The number of halogens is 1. The molecule has 1 aromatic carbocycles. The van der Waals surface area contributed by atoms with Gasteiger partial charge in [0.2, 0.25) is 0 Å². The molecule has 0 spiro atoms. The third kappa shape index (κ3) is 2.68. The Morgan fingerprint density at radius 1 is 1.50 bits per heavy atom. The van der Waals surface area contributed by atoms with Crippen molar-refractivity contribution >= 4 is 17.3 Å². The number of nitrogens with zero attached hydrogens (tertiary/aromatic N) is 4. The van der Waals surface area contributed by atoms with E-state index in [0.29, 0.717) is 17.3 Å². The topological polar surface area (TPSA) is 63.3 Å². The van der Waals surface area contributed by atoms with Gasteiger partial charge in [0.25, 0.3) is 0 Å². The van der Waals surface area contributed by atoms with Gasteiger partial charge in [0.15, 0.2) is 0 Å². The van der Waals surface area contributed by atoms with E-state index in [4.69, 9.17) is 16.8 Å². The van der Waals surface area contributed by atoms with E-state index in [1.165, 1.54) is 6.33 Å². The summed E-state index contributed by atoms with van der Waals surface area (Å²) in [5, 5.41) is 17.2. The van der Waals surface area contributed by atoms with Crippen molar-refractivity contribution in [2.24, 2.45) is 5.16 Å². The van der Waals surface area contributed by atoms with Gasteiger partial charge in [0.05, 0.1) is 6.54 Å². The fourth-order valence-electron chi connectivity index (χ4n) is 1.77. The monoisotopic (exact) mass is 264 g/mol. The van der Waals surface area contributed by atoms with Crippen LogP contribution in [0.5, 0.6) is 0 Å². The maximum atomic E-state index is 9.16. The predicted octanol–water partition coefficient (Wildman–Crippen LogP) is 2.37. The first kappa shape index (κ1) is 12.6. The fraction of sp³-hybridized carbons (Fsp3) is 0.250. The van der Waals surface area contributed by atoms with Crippen molar-refractivity contribution in [1.29, 1.82) is 0 Å². The second kappa shape index (κ2) is 5.64. The summed E-state index contributed by atoms with van der Waals surface area (Å²) in [7, 11) is 0. The number of aryl methyl sites for hydroxylation is 1. The molecule has 1 aromatic heterocycles. The van der Waals surface area contributed by atoms with E-state index < -0.39 is 0 Å². The zero-order valence-corrected chi connectivity index (χ0v) is 10.7. The molecular weight excluding hydrogens is 252 g/mol. The summed E-state index contributed by atoms with van der Waals surface area (Å²) in [6.07, 6.45) is 3.83. The summed E-state index contributed by atoms with van der Waals surface area (Å²) in [6.45, 7) is 2.39. The molecule has 0 saturated heterocycles. The number of benzene rings is 1. The maximum Gasteiger partial charge on any atom is 0.137 e. The molecule has 2 rings (SSSR count). The third-order valence-electron chi connectivity index (χ3n) is 2.66. The normalized spacial score (nSPS) is 11.8. The van der Waals surface area contributed by atoms with Crippen molar-refractivity contribution in [3.8, 4) is 0 Å². The van der Waals surface area contributed by atoms with Crippen LogP contribution in [0.2, 0.25) is 5.02 Å². The molecule has 0 aliphatic heterocycles. The van der Waals surface area contributed by atoms with Crippen LogP contribution in [0.4, 0.5) is 0 Å². The molecule has 1 heterocycles. The Hall–Kier alpha value is -1.88. The van der Waals surface area contributed by atoms with Crippen LogP contribution in [0.1, 0.15) is 18.1 Å². The predicted molar refractivity (Wildman–Crippen MR) is 69.2 cm³/mol. The molecule has 1 N–H and O–H groups in total. The molecular formula is C12H13ClN4O. The van der Waals surface area contributed by atoms with Crippen LogP contribution in [0, 0.1) is 0 Å². The highest BCUT2D eigenvalue weighted by molar-refractivity contribution is 6.30. The lowest BCUT2D eigenvalue weighted by atomic mass is 10.0. The van der Waals surface area contributed by atoms with E-state index in [1.807, 2.05) is 19.1 Å². The van der Waals surface area contributed by atoms with Gasteiger partial charge < -0.3 is 5.21 Å². The Labute approximate surface area is 110 Å². The molecule has 0 fully saturated rings. The molecule has 0 unspecified atom stereocenters. The summed E-state index contributed by atoms with van der Waals surface area (Å²) < 4.78 is 1.60. The summed E-state index contributed by atoms with van der Waals surface area (Å²) in [5.41, 5.74) is 2.45. The SMILES string of the molecule is CCc1cc(Cl)ccc1/C(Cn1cncn1)=N/O. The second-order valence-electron chi connectivity index (χ2n) is 3.79. The van der Waals surface area contributed by atoms with E-state index in [2.05, 4.69) is 15.2 Å². The summed E-state index contributed by atoms with van der Waals surface area (Å²) >= 11 is 5.96. The van der Waals surface area contributed by atoms with Gasteiger partial charge in [-0.3, -0.25) is 0 Å². The van der Waals surface area contributed by atoms with Crippen LogP contribution in [0.15, 0.2) is 36.0 Å². The highest BCUT2D eigenvalue weighted by Crippen LogP contribution is 2.18. The molecule has 94 valence electrons. The summed E-state index contributed by atoms with van der Waals surface area (Å²) in [5.74, 6) is 0. The van der Waals surface area contributed by atoms with E-state index in [-0.39, 0.29) is 0 Å². The van der Waals surface area contributed by atoms with Crippen molar-refractivity contribution < 1.29 is 5.21 Å². The average molecular weight is 265 g/mol. The van der Waals surface area contributed by atoms with Crippen LogP contribution in [-0.4, -0.2) is 25.7 Å². The summed E-state index contributed by atoms with van der Waals surface area (Å²) in [6, 6.07) is 5.51. The van der Waals surface area contributed by atoms with Crippen LogP contribution in [0.3, 0.4) is 0 Å². The quantitative estimate of drug-likeness (QED) is 0.524. The van der Waals surface area contributed by atoms with Crippen LogP contribution in [-0.2, 0) is 13.0 Å². The number of aromatic nitrogens is 3. The molecule has 0 amide bonds. The molecule has 0 saturated carbocycles. The van der Waals surface area contributed by atoms with Gasteiger partial charge >= 0.3 is 0 Å². The van der Waals surface area contributed by atoms with Crippen molar-refractivity contribution in [3.63, 3.8) is 0 Å². The van der Waals surface area contributed by atoms with Crippen molar-refractivity contribution in [2.75, 3.05) is 0 Å². The first-order chi connectivity index (χ1) is 8.74. The fourth-order valence-corrected chi connectivity index (χ4v) is 1.97. The Bertz CT molecular complexity index is 551. The average Bonchev–Trinajstić information content (AvgIpc) is 2.89. The van der Waals surface area contributed by atoms with E-state index in [9.17, 15) is 0 Å². The zero-order valence-electron chi connectivity index (χ0n) is 9.91. The Morgan fingerprint density at radius 2 is 2.33 bits per heavy atom. The minimum atomic E-state index is 0.366. The minimum Gasteiger partial charge on any atom is -0.411 e. The molecule has 5 nitrogen and oxygen atoms in total. The highest BCUT2D eigenvalue weighted by Gasteiger charge is 2.11. The molecule has 0 radical (unpaired) electrons. The molecule has 6 heteroatoms.